The lowest BCUT2D eigenvalue weighted by Crippen LogP contribution is -2.04. The summed E-state index contributed by atoms with van der Waals surface area (Å²) in [7, 11) is 1.94. The second-order valence-corrected chi connectivity index (χ2v) is 4.59. The molecule has 0 aliphatic heterocycles. The van der Waals surface area contributed by atoms with E-state index in [9.17, 15) is 4.79 Å². The van der Waals surface area contributed by atoms with Crippen molar-refractivity contribution < 1.29 is 4.79 Å². The van der Waals surface area contributed by atoms with Crippen molar-refractivity contribution in [3.8, 4) is 0 Å². The van der Waals surface area contributed by atoms with E-state index in [0.29, 0.717) is 16.8 Å². The number of nitrogens with zero attached hydrogens (tertiary/aromatic N) is 1. The third kappa shape index (κ3) is 1.80. The molecule has 3 rings (SSSR count). The molecule has 2 aromatic carbocycles. The average Bonchev–Trinajstić information content (AvgIpc) is 2.77. The number of benzene rings is 2. The Hall–Kier alpha value is -2.55. The zero-order chi connectivity index (χ0) is 13.4. The number of fused-ring (bicyclic) bond motifs is 1. The van der Waals surface area contributed by atoms with Gasteiger partial charge in [-0.15, -0.1) is 0 Å². The lowest BCUT2D eigenvalue weighted by Gasteiger charge is -2.03. The molecule has 0 saturated carbocycles. The maximum Gasteiger partial charge on any atom is 0.197 e. The number of carbonyl (C=O) groups is 1. The summed E-state index contributed by atoms with van der Waals surface area (Å²) in [5.41, 5.74) is 8.68. The summed E-state index contributed by atoms with van der Waals surface area (Å²) >= 11 is 0. The molecule has 0 fully saturated rings. The van der Waals surface area contributed by atoms with Crippen molar-refractivity contribution in [1.29, 1.82) is 0 Å². The lowest BCUT2D eigenvalue weighted by molar-refractivity contribution is 0.104. The minimum Gasteiger partial charge on any atom is -0.398 e. The molecular formula is C16H14N2O. The summed E-state index contributed by atoms with van der Waals surface area (Å²) in [4.78, 5) is 12.6. The van der Waals surface area contributed by atoms with Gasteiger partial charge in [-0.1, -0.05) is 30.3 Å². The van der Waals surface area contributed by atoms with Gasteiger partial charge in [0, 0.05) is 41.0 Å². The van der Waals surface area contributed by atoms with Crippen LogP contribution >= 0.6 is 0 Å². The van der Waals surface area contributed by atoms with Gasteiger partial charge in [-0.05, 0) is 18.2 Å². The molecule has 0 radical (unpaired) electrons. The Balaban J connectivity index is 2.20. The molecule has 2 N–H and O–H groups in total. The predicted molar refractivity (Wildman–Crippen MR) is 77.2 cm³/mol. The highest BCUT2D eigenvalue weighted by Gasteiger charge is 2.16. The Labute approximate surface area is 111 Å². The first kappa shape index (κ1) is 11.5. The van der Waals surface area contributed by atoms with E-state index in [-0.39, 0.29) is 5.78 Å². The van der Waals surface area contributed by atoms with Crippen LogP contribution in [0, 0.1) is 0 Å². The molecule has 0 aliphatic rings. The molecule has 0 saturated heterocycles. The minimum atomic E-state index is -0.0325. The normalized spacial score (nSPS) is 10.8. The summed E-state index contributed by atoms with van der Waals surface area (Å²) in [6.07, 6.45) is 1.86. The maximum atomic E-state index is 12.6. The van der Waals surface area contributed by atoms with Crippen LogP contribution in [0.25, 0.3) is 10.9 Å². The van der Waals surface area contributed by atoms with E-state index in [4.69, 9.17) is 5.73 Å². The van der Waals surface area contributed by atoms with E-state index < -0.39 is 0 Å². The van der Waals surface area contributed by atoms with E-state index in [1.807, 2.05) is 54.2 Å². The van der Waals surface area contributed by atoms with Gasteiger partial charge in [0.05, 0.1) is 0 Å². The van der Waals surface area contributed by atoms with Gasteiger partial charge in [-0.25, -0.2) is 0 Å². The summed E-state index contributed by atoms with van der Waals surface area (Å²) in [6.45, 7) is 0. The zero-order valence-electron chi connectivity index (χ0n) is 10.6. The quantitative estimate of drug-likeness (QED) is 0.561. The van der Waals surface area contributed by atoms with Crippen LogP contribution in [0.1, 0.15) is 15.9 Å². The number of aromatic nitrogens is 1. The van der Waals surface area contributed by atoms with Gasteiger partial charge in [0.25, 0.3) is 0 Å². The SMILES string of the molecule is Cn1cc(C(=O)c2ccccc2N)c2ccccc21. The van der Waals surface area contributed by atoms with Crippen LogP contribution < -0.4 is 5.73 Å². The highest BCUT2D eigenvalue weighted by molar-refractivity contribution is 6.18. The van der Waals surface area contributed by atoms with Gasteiger partial charge in [0.15, 0.2) is 5.78 Å². The molecule has 3 aromatic rings. The lowest BCUT2D eigenvalue weighted by atomic mass is 10.0. The summed E-state index contributed by atoms with van der Waals surface area (Å²) in [6, 6.07) is 15.0. The number of para-hydroxylation sites is 2. The number of carbonyl (C=O) groups excluding carboxylic acids is 1. The molecular weight excluding hydrogens is 236 g/mol. The monoisotopic (exact) mass is 250 g/mol. The molecule has 0 unspecified atom stereocenters. The Bertz CT molecular complexity index is 771. The van der Waals surface area contributed by atoms with Crippen molar-refractivity contribution >= 4 is 22.4 Å². The van der Waals surface area contributed by atoms with Gasteiger partial charge in [-0.2, -0.15) is 0 Å². The Morgan fingerprint density at radius 3 is 2.47 bits per heavy atom. The van der Waals surface area contributed by atoms with Gasteiger partial charge in [0.2, 0.25) is 0 Å². The second-order valence-electron chi connectivity index (χ2n) is 4.59. The average molecular weight is 250 g/mol. The van der Waals surface area contributed by atoms with Crippen molar-refractivity contribution in [1.82, 2.24) is 4.57 Å². The standard InChI is InChI=1S/C16H14N2O/c1-18-10-13(11-6-3-5-9-15(11)18)16(19)12-7-2-4-8-14(12)17/h2-10H,17H2,1H3. The van der Waals surface area contributed by atoms with Crippen molar-refractivity contribution in [3.05, 3.63) is 65.9 Å². The van der Waals surface area contributed by atoms with Crippen LogP contribution in [0.5, 0.6) is 0 Å². The third-order valence-corrected chi connectivity index (χ3v) is 3.35. The number of anilines is 1. The zero-order valence-corrected chi connectivity index (χ0v) is 10.6. The molecule has 94 valence electrons. The highest BCUT2D eigenvalue weighted by Crippen LogP contribution is 2.24. The van der Waals surface area contributed by atoms with E-state index in [1.54, 1.807) is 12.1 Å². The van der Waals surface area contributed by atoms with Crippen molar-refractivity contribution in [2.24, 2.45) is 7.05 Å². The molecule has 0 amide bonds. The molecule has 3 heteroatoms. The topological polar surface area (TPSA) is 48.0 Å². The Morgan fingerprint density at radius 1 is 1.00 bits per heavy atom. The van der Waals surface area contributed by atoms with Crippen LogP contribution in [0.3, 0.4) is 0 Å². The van der Waals surface area contributed by atoms with Gasteiger partial charge < -0.3 is 10.3 Å². The van der Waals surface area contributed by atoms with E-state index in [1.165, 1.54) is 0 Å². The number of nitrogen functional groups attached to an aromatic ring is 1. The maximum absolute atomic E-state index is 12.6. The fraction of sp³-hybridized carbons (Fsp3) is 0.0625. The van der Waals surface area contributed by atoms with E-state index >= 15 is 0 Å². The van der Waals surface area contributed by atoms with E-state index in [2.05, 4.69) is 0 Å². The predicted octanol–water partition coefficient (Wildman–Crippen LogP) is 2.99. The van der Waals surface area contributed by atoms with Crippen LogP contribution in [-0.4, -0.2) is 10.4 Å². The molecule has 0 spiro atoms. The smallest absolute Gasteiger partial charge is 0.197 e. The molecule has 19 heavy (non-hydrogen) atoms. The van der Waals surface area contributed by atoms with Gasteiger partial charge in [0.1, 0.15) is 0 Å². The fourth-order valence-electron chi connectivity index (χ4n) is 2.37. The van der Waals surface area contributed by atoms with Crippen LogP contribution in [-0.2, 0) is 7.05 Å². The molecule has 1 aromatic heterocycles. The number of nitrogens with two attached hydrogens (primary N) is 1. The third-order valence-electron chi connectivity index (χ3n) is 3.35. The minimum absolute atomic E-state index is 0.0325. The summed E-state index contributed by atoms with van der Waals surface area (Å²) in [5, 5.41) is 0.957. The number of aryl methyl sites for hydroxylation is 1. The number of hydrogen-bond acceptors (Lipinski definition) is 2. The fourth-order valence-corrected chi connectivity index (χ4v) is 2.37. The number of hydrogen-bond donors (Lipinski definition) is 1. The van der Waals surface area contributed by atoms with Gasteiger partial charge in [-0.3, -0.25) is 4.79 Å². The Morgan fingerprint density at radius 2 is 1.68 bits per heavy atom. The molecule has 3 nitrogen and oxygen atoms in total. The summed E-state index contributed by atoms with van der Waals surface area (Å²) < 4.78 is 1.96. The first-order valence-corrected chi connectivity index (χ1v) is 6.12. The van der Waals surface area contributed by atoms with Gasteiger partial charge >= 0.3 is 0 Å². The largest absolute Gasteiger partial charge is 0.398 e. The first-order chi connectivity index (χ1) is 9.18. The van der Waals surface area contributed by atoms with Crippen LogP contribution in [0.2, 0.25) is 0 Å². The first-order valence-electron chi connectivity index (χ1n) is 6.12. The van der Waals surface area contributed by atoms with Crippen LogP contribution in [0.15, 0.2) is 54.7 Å². The van der Waals surface area contributed by atoms with Crippen LogP contribution in [0.4, 0.5) is 5.69 Å². The second kappa shape index (κ2) is 4.28. The van der Waals surface area contributed by atoms with Crippen molar-refractivity contribution in [2.45, 2.75) is 0 Å². The van der Waals surface area contributed by atoms with Crippen molar-refractivity contribution in [2.75, 3.05) is 5.73 Å². The van der Waals surface area contributed by atoms with E-state index in [0.717, 1.165) is 10.9 Å². The Kier molecular flexibility index (Phi) is 2.60. The molecule has 1 heterocycles. The number of ketones is 1. The highest BCUT2D eigenvalue weighted by atomic mass is 16.1. The molecule has 0 bridgehead atoms. The summed E-state index contributed by atoms with van der Waals surface area (Å²) in [5.74, 6) is -0.0325. The molecule has 0 atom stereocenters. The molecule has 0 aliphatic carbocycles. The van der Waals surface area contributed by atoms with Crippen molar-refractivity contribution in [3.63, 3.8) is 0 Å². The number of rotatable bonds is 2.